The fourth-order valence-electron chi connectivity index (χ4n) is 3.39. The van der Waals surface area contributed by atoms with Crippen LogP contribution in [0.15, 0.2) is 36.4 Å². The highest BCUT2D eigenvalue weighted by Gasteiger charge is 2.29. The van der Waals surface area contributed by atoms with Gasteiger partial charge in [-0.25, -0.2) is 35.9 Å². The summed E-state index contributed by atoms with van der Waals surface area (Å²) in [7, 11) is 0. The number of halogens is 10. The van der Waals surface area contributed by atoms with Gasteiger partial charge >= 0.3 is 17.9 Å². The second kappa shape index (κ2) is 15.9. The molecule has 48 heavy (non-hydrogen) atoms. The topological polar surface area (TPSA) is 89.9 Å². The van der Waals surface area contributed by atoms with Crippen molar-refractivity contribution in [3.8, 4) is 11.5 Å². The van der Waals surface area contributed by atoms with Crippen LogP contribution in [-0.2, 0) is 4.79 Å². The van der Waals surface area contributed by atoms with E-state index in [1.54, 1.807) is 32.0 Å². The molecule has 16 heteroatoms. The molecule has 4 rings (SSSR count). The average molecular weight is 693 g/mol. The first-order valence-electron chi connectivity index (χ1n) is 13.0. The molecule has 0 aromatic heterocycles. The zero-order valence-electron chi connectivity index (χ0n) is 25.2. The number of carboxylic acid groups (broad SMARTS) is 1. The Morgan fingerprint density at radius 3 is 1.12 bits per heavy atom. The molecule has 0 amide bonds. The van der Waals surface area contributed by atoms with E-state index in [2.05, 4.69) is 9.47 Å². The third-order valence-electron chi connectivity index (χ3n) is 6.28. The van der Waals surface area contributed by atoms with Gasteiger partial charge in [0.1, 0.15) is 0 Å². The maximum Gasteiger partial charge on any atom is 0.343 e. The summed E-state index contributed by atoms with van der Waals surface area (Å²) in [4.78, 5) is 32.6. The summed E-state index contributed by atoms with van der Waals surface area (Å²) in [5, 5.41) is 8.60. The van der Waals surface area contributed by atoms with E-state index in [-0.39, 0.29) is 5.56 Å². The maximum atomic E-state index is 13.4. The fraction of sp³-hybridized carbons (Fsp3) is 0.156. The van der Waals surface area contributed by atoms with Gasteiger partial charge in [-0.05, 0) is 74.2 Å². The van der Waals surface area contributed by atoms with Crippen LogP contribution >= 0.6 is 0 Å². The molecule has 0 unspecified atom stereocenters. The number of esters is 2. The number of carbonyl (C=O) groups is 3. The molecule has 0 saturated carbocycles. The molecule has 0 radical (unpaired) electrons. The number of carboxylic acids is 1. The van der Waals surface area contributed by atoms with Crippen LogP contribution in [0, 0.1) is 85.9 Å². The molecule has 0 bridgehead atoms. The van der Waals surface area contributed by atoms with Crippen LogP contribution in [0.4, 0.5) is 43.9 Å². The Hall–Kier alpha value is -5.41. The van der Waals surface area contributed by atoms with Crippen molar-refractivity contribution in [2.75, 3.05) is 0 Å². The normalized spacial score (nSPS) is 10.3. The van der Waals surface area contributed by atoms with Gasteiger partial charge in [0.05, 0.1) is 11.1 Å². The molecule has 0 heterocycles. The summed E-state index contributed by atoms with van der Waals surface area (Å²) >= 11 is 0. The Morgan fingerprint density at radius 1 is 0.479 bits per heavy atom. The van der Waals surface area contributed by atoms with E-state index in [0.717, 1.165) is 23.6 Å². The van der Waals surface area contributed by atoms with E-state index in [1.807, 2.05) is 19.9 Å². The van der Waals surface area contributed by atoms with Gasteiger partial charge in [0.2, 0.25) is 69.7 Å². The summed E-state index contributed by atoms with van der Waals surface area (Å²) < 4.78 is 137. The quantitative estimate of drug-likeness (QED) is 0.0759. The number of aromatic carboxylic acids is 1. The molecule has 0 spiro atoms. The van der Waals surface area contributed by atoms with Crippen LogP contribution in [0.25, 0.3) is 0 Å². The molecule has 6 nitrogen and oxygen atoms in total. The highest BCUT2D eigenvalue weighted by Crippen LogP contribution is 2.30. The van der Waals surface area contributed by atoms with Crippen LogP contribution in [0.2, 0.25) is 0 Å². The first-order valence-corrected chi connectivity index (χ1v) is 13.0. The van der Waals surface area contributed by atoms with Crippen LogP contribution in [0.1, 0.15) is 49.9 Å². The summed E-state index contributed by atoms with van der Waals surface area (Å²) in [5.41, 5.74) is 3.97. The van der Waals surface area contributed by atoms with Gasteiger partial charge in [0, 0.05) is 6.92 Å². The molecule has 0 fully saturated rings. The van der Waals surface area contributed by atoms with Crippen molar-refractivity contribution in [1.29, 1.82) is 0 Å². The minimum atomic E-state index is -2.32. The summed E-state index contributed by atoms with van der Waals surface area (Å²) in [5.74, 6) is -28.6. The van der Waals surface area contributed by atoms with E-state index in [4.69, 9.17) is 5.11 Å². The van der Waals surface area contributed by atoms with Gasteiger partial charge in [-0.15, -0.1) is 0 Å². The average Bonchev–Trinajstić information content (AvgIpc) is 3.04. The number of benzene rings is 4. The van der Waals surface area contributed by atoms with Crippen LogP contribution < -0.4 is 9.47 Å². The third kappa shape index (κ3) is 8.89. The van der Waals surface area contributed by atoms with Crippen LogP contribution in [-0.4, -0.2) is 23.0 Å². The van der Waals surface area contributed by atoms with Crippen LogP contribution in [0.3, 0.4) is 0 Å². The molecule has 1 N–H and O–H groups in total. The highest BCUT2D eigenvalue weighted by molar-refractivity contribution is 5.91. The van der Waals surface area contributed by atoms with E-state index < -0.39 is 87.6 Å². The number of hydrogen-bond acceptors (Lipinski definition) is 5. The van der Waals surface area contributed by atoms with Crippen molar-refractivity contribution in [2.45, 2.75) is 34.6 Å². The van der Waals surface area contributed by atoms with Gasteiger partial charge in [-0.3, -0.25) is 4.79 Å². The highest BCUT2D eigenvalue weighted by atomic mass is 19.2. The van der Waals surface area contributed by atoms with E-state index in [1.165, 1.54) is 12.1 Å². The van der Waals surface area contributed by atoms with Gasteiger partial charge < -0.3 is 14.6 Å². The SMILES string of the molecule is CC(=O)Oc1c(F)c(F)c(F)c(F)c1F.Cc1ccc(C(=O)O)cc1C.Cc1ccc(C(=O)Oc2c(F)c(F)c(F)c(F)c2F)cc1C. The predicted molar refractivity (Wildman–Crippen MR) is 148 cm³/mol. The second-order valence-corrected chi connectivity index (χ2v) is 9.68. The number of carbonyl (C=O) groups excluding carboxylic acids is 2. The van der Waals surface area contributed by atoms with Crippen LogP contribution in [0.5, 0.6) is 11.5 Å². The lowest BCUT2D eigenvalue weighted by atomic mass is 10.1. The van der Waals surface area contributed by atoms with Crippen molar-refractivity contribution in [1.82, 2.24) is 0 Å². The molecule has 0 atom stereocenters. The molecule has 0 aliphatic carbocycles. The molecule has 0 aliphatic rings. The van der Waals surface area contributed by atoms with E-state index in [9.17, 15) is 58.3 Å². The maximum absolute atomic E-state index is 13.4. The Labute approximate surface area is 265 Å². The second-order valence-electron chi connectivity index (χ2n) is 9.68. The molecule has 4 aromatic carbocycles. The molecule has 256 valence electrons. The van der Waals surface area contributed by atoms with Crippen molar-refractivity contribution in [3.63, 3.8) is 0 Å². The van der Waals surface area contributed by atoms with Gasteiger partial charge in [-0.2, -0.15) is 17.6 Å². The summed E-state index contributed by atoms with van der Waals surface area (Å²) in [6.45, 7) is 8.08. The van der Waals surface area contributed by atoms with Crippen molar-refractivity contribution in [3.05, 3.63) is 128 Å². The minimum Gasteiger partial charge on any atom is -0.478 e. The van der Waals surface area contributed by atoms with Crippen molar-refractivity contribution < 1.29 is 72.9 Å². The number of rotatable bonds is 4. The summed E-state index contributed by atoms with van der Waals surface area (Å²) in [6, 6.07) is 9.37. The Bertz CT molecular complexity index is 1850. The summed E-state index contributed by atoms with van der Waals surface area (Å²) in [6.07, 6.45) is 0. The molecule has 4 aromatic rings. The number of hydrogen-bond donors (Lipinski definition) is 1. The minimum absolute atomic E-state index is 0.0768. The zero-order valence-corrected chi connectivity index (χ0v) is 25.2. The Balaban J connectivity index is 0.000000267. The first-order chi connectivity index (χ1) is 22.2. The first kappa shape index (κ1) is 38.8. The van der Waals surface area contributed by atoms with E-state index in [0.29, 0.717) is 11.1 Å². The monoisotopic (exact) mass is 692 g/mol. The van der Waals surface area contributed by atoms with Gasteiger partial charge in [-0.1, -0.05) is 12.1 Å². The predicted octanol–water partition coefficient (Wildman–Crippen LogP) is 8.53. The Kier molecular flexibility index (Phi) is 12.9. The van der Waals surface area contributed by atoms with Gasteiger partial charge in [0.15, 0.2) is 0 Å². The molecular formula is C32H22F10O6. The zero-order chi connectivity index (χ0) is 36.8. The number of ether oxygens (including phenoxy) is 2. The molecule has 0 aliphatic heterocycles. The van der Waals surface area contributed by atoms with E-state index >= 15 is 0 Å². The lowest BCUT2D eigenvalue weighted by Crippen LogP contribution is -2.14. The standard InChI is InChI=1S/C15H9F5O2.C9H10O2.C8H3F5O2/c1-6-3-4-8(5-7(6)2)15(21)22-14-12(19)10(17)9(16)11(18)13(14)20;1-6-3-4-8(9(10)11)5-7(6)2;1-2(14)15-8-6(12)4(10)3(9)5(11)7(8)13/h3-5H,1-2H3;3-5H,1-2H3,(H,10,11);1H3. The number of aryl methyl sites for hydroxylation is 4. The van der Waals surface area contributed by atoms with Gasteiger partial charge in [0.25, 0.3) is 0 Å². The van der Waals surface area contributed by atoms with Crippen molar-refractivity contribution >= 4 is 17.9 Å². The van der Waals surface area contributed by atoms with Crippen molar-refractivity contribution in [2.24, 2.45) is 0 Å². The smallest absolute Gasteiger partial charge is 0.343 e. The fourth-order valence-corrected chi connectivity index (χ4v) is 3.39. The molecule has 0 saturated heterocycles. The lowest BCUT2D eigenvalue weighted by Gasteiger charge is -2.09. The lowest BCUT2D eigenvalue weighted by molar-refractivity contribution is -0.132. The molecular weight excluding hydrogens is 670 g/mol. The largest absolute Gasteiger partial charge is 0.478 e. The Morgan fingerprint density at radius 2 is 0.792 bits per heavy atom. The third-order valence-corrected chi connectivity index (χ3v) is 6.28.